The molecule has 0 amide bonds. The van der Waals surface area contributed by atoms with E-state index >= 15 is 0 Å². The van der Waals surface area contributed by atoms with E-state index in [1.54, 1.807) is 13.3 Å². The van der Waals surface area contributed by atoms with Crippen molar-refractivity contribution in [2.24, 2.45) is 0 Å². The van der Waals surface area contributed by atoms with Gasteiger partial charge in [0, 0.05) is 25.4 Å². The van der Waals surface area contributed by atoms with Gasteiger partial charge in [-0.15, -0.1) is 0 Å². The van der Waals surface area contributed by atoms with E-state index < -0.39 is 6.10 Å². The lowest BCUT2D eigenvalue weighted by Gasteiger charge is -2.41. The Morgan fingerprint density at radius 1 is 1.50 bits per heavy atom. The molecule has 1 unspecified atom stereocenters. The van der Waals surface area contributed by atoms with Crippen molar-refractivity contribution in [3.05, 3.63) is 29.6 Å². The second kappa shape index (κ2) is 4.52. The molecular weight excluding hydrogens is 202 g/mol. The molecule has 1 saturated carbocycles. The average Bonchev–Trinajstić information content (AvgIpc) is 2.24. The zero-order valence-electron chi connectivity index (χ0n) is 9.94. The number of nitrogens with zero attached hydrogens (tertiary/aromatic N) is 1. The highest BCUT2D eigenvalue weighted by molar-refractivity contribution is 5.16. The van der Waals surface area contributed by atoms with Crippen LogP contribution in [-0.4, -0.2) is 22.8 Å². The summed E-state index contributed by atoms with van der Waals surface area (Å²) in [6.45, 7) is 1.94. The molecule has 0 spiro atoms. The van der Waals surface area contributed by atoms with Gasteiger partial charge in [0.1, 0.15) is 0 Å². The van der Waals surface area contributed by atoms with Crippen LogP contribution in [0.2, 0.25) is 0 Å². The van der Waals surface area contributed by atoms with Gasteiger partial charge in [-0.2, -0.15) is 0 Å². The smallest absolute Gasteiger partial charge is 0.0832 e. The Morgan fingerprint density at radius 2 is 2.25 bits per heavy atom. The van der Waals surface area contributed by atoms with Crippen molar-refractivity contribution >= 4 is 0 Å². The van der Waals surface area contributed by atoms with Crippen LogP contribution in [0.5, 0.6) is 0 Å². The van der Waals surface area contributed by atoms with E-state index in [-0.39, 0.29) is 5.60 Å². The lowest BCUT2D eigenvalue weighted by atomic mass is 9.75. The van der Waals surface area contributed by atoms with Crippen LogP contribution in [0, 0.1) is 6.92 Å². The Labute approximate surface area is 96.5 Å². The highest BCUT2D eigenvalue weighted by Crippen LogP contribution is 2.41. The number of aliphatic hydroxyl groups is 1. The first-order chi connectivity index (χ1) is 7.65. The van der Waals surface area contributed by atoms with Crippen molar-refractivity contribution in [1.82, 2.24) is 4.98 Å². The normalized spacial score (nSPS) is 20.2. The molecule has 1 aliphatic rings. The molecule has 0 radical (unpaired) electrons. The van der Waals surface area contributed by atoms with Gasteiger partial charge >= 0.3 is 0 Å². The van der Waals surface area contributed by atoms with Crippen molar-refractivity contribution in [2.75, 3.05) is 7.11 Å². The summed E-state index contributed by atoms with van der Waals surface area (Å²) in [6.07, 6.45) is 5.27. The molecule has 16 heavy (non-hydrogen) atoms. The van der Waals surface area contributed by atoms with Gasteiger partial charge in [-0.3, -0.25) is 4.98 Å². The summed E-state index contributed by atoms with van der Waals surface area (Å²) in [5, 5.41) is 10.1. The fraction of sp³-hybridized carbons (Fsp3) is 0.615. The summed E-state index contributed by atoms with van der Waals surface area (Å²) >= 11 is 0. The van der Waals surface area contributed by atoms with Crippen LogP contribution in [-0.2, 0) is 4.74 Å². The highest BCUT2D eigenvalue weighted by Gasteiger charge is 2.38. The topological polar surface area (TPSA) is 42.4 Å². The quantitative estimate of drug-likeness (QED) is 0.848. The Hall–Kier alpha value is -0.930. The van der Waals surface area contributed by atoms with Crippen LogP contribution < -0.4 is 0 Å². The van der Waals surface area contributed by atoms with E-state index in [4.69, 9.17) is 4.74 Å². The maximum absolute atomic E-state index is 10.1. The Balaban J connectivity index is 2.02. The molecule has 2 rings (SSSR count). The van der Waals surface area contributed by atoms with Gasteiger partial charge in [0.05, 0.1) is 11.7 Å². The first kappa shape index (κ1) is 11.6. The summed E-state index contributed by atoms with van der Waals surface area (Å²) in [4.78, 5) is 4.20. The summed E-state index contributed by atoms with van der Waals surface area (Å²) in [7, 11) is 1.74. The number of hydrogen-bond acceptors (Lipinski definition) is 3. The molecule has 0 bridgehead atoms. The molecule has 1 aromatic heterocycles. The molecule has 1 N–H and O–H groups in total. The minimum atomic E-state index is -0.464. The molecule has 1 fully saturated rings. The number of pyridine rings is 1. The number of aromatic nitrogens is 1. The van der Waals surface area contributed by atoms with Gasteiger partial charge in [-0.1, -0.05) is 6.07 Å². The van der Waals surface area contributed by atoms with Crippen molar-refractivity contribution in [3.8, 4) is 0 Å². The van der Waals surface area contributed by atoms with E-state index in [9.17, 15) is 5.11 Å². The van der Waals surface area contributed by atoms with E-state index in [1.807, 2.05) is 19.1 Å². The summed E-state index contributed by atoms with van der Waals surface area (Å²) in [5.41, 5.74) is 1.76. The van der Waals surface area contributed by atoms with E-state index in [1.165, 1.54) is 6.42 Å². The molecule has 1 aliphatic carbocycles. The first-order valence-electron chi connectivity index (χ1n) is 5.81. The van der Waals surface area contributed by atoms with Gasteiger partial charge in [-0.25, -0.2) is 0 Å². The third-order valence-corrected chi connectivity index (χ3v) is 3.58. The van der Waals surface area contributed by atoms with Crippen molar-refractivity contribution < 1.29 is 9.84 Å². The van der Waals surface area contributed by atoms with Crippen LogP contribution in [0.4, 0.5) is 0 Å². The fourth-order valence-electron chi connectivity index (χ4n) is 2.21. The minimum Gasteiger partial charge on any atom is -0.388 e. The number of ether oxygens (including phenoxy) is 1. The third kappa shape index (κ3) is 2.25. The van der Waals surface area contributed by atoms with Crippen molar-refractivity contribution in [2.45, 2.75) is 44.3 Å². The minimum absolute atomic E-state index is 0.0930. The number of hydrogen-bond donors (Lipinski definition) is 1. The van der Waals surface area contributed by atoms with Crippen LogP contribution in [0.25, 0.3) is 0 Å². The molecule has 1 atom stereocenters. The molecule has 3 nitrogen and oxygen atoms in total. The molecule has 88 valence electrons. The fourth-order valence-corrected chi connectivity index (χ4v) is 2.21. The van der Waals surface area contributed by atoms with E-state index in [0.29, 0.717) is 6.42 Å². The maximum Gasteiger partial charge on any atom is 0.0832 e. The molecule has 0 aliphatic heterocycles. The molecule has 1 heterocycles. The lowest BCUT2D eigenvalue weighted by molar-refractivity contribution is -0.0999. The first-order valence-corrected chi connectivity index (χ1v) is 5.81. The lowest BCUT2D eigenvalue weighted by Crippen LogP contribution is -2.40. The summed E-state index contributed by atoms with van der Waals surface area (Å²) < 4.78 is 5.51. The van der Waals surface area contributed by atoms with Crippen molar-refractivity contribution in [1.29, 1.82) is 0 Å². The Kier molecular flexibility index (Phi) is 3.26. The predicted molar refractivity (Wildman–Crippen MR) is 62.1 cm³/mol. The second-order valence-electron chi connectivity index (χ2n) is 4.69. The van der Waals surface area contributed by atoms with Gasteiger partial charge in [-0.05, 0) is 37.8 Å². The van der Waals surface area contributed by atoms with Gasteiger partial charge in [0.2, 0.25) is 0 Å². The van der Waals surface area contributed by atoms with E-state index in [0.717, 1.165) is 24.1 Å². The maximum atomic E-state index is 10.1. The number of aryl methyl sites for hydroxylation is 1. The largest absolute Gasteiger partial charge is 0.388 e. The zero-order chi connectivity index (χ0) is 11.6. The molecule has 0 saturated heterocycles. The van der Waals surface area contributed by atoms with Crippen LogP contribution in [0.3, 0.4) is 0 Å². The van der Waals surface area contributed by atoms with Crippen LogP contribution in [0.1, 0.15) is 43.0 Å². The Morgan fingerprint density at radius 3 is 2.69 bits per heavy atom. The summed E-state index contributed by atoms with van der Waals surface area (Å²) in [5.74, 6) is 0. The Bertz CT molecular complexity index is 338. The van der Waals surface area contributed by atoms with Gasteiger partial charge in [0.25, 0.3) is 0 Å². The molecule has 1 aromatic rings. The third-order valence-electron chi connectivity index (χ3n) is 3.58. The molecular formula is C13H19NO2. The SMILES string of the molecule is COC1(CC(O)c2ccc(C)nc2)CCC1. The van der Waals surface area contributed by atoms with Crippen LogP contribution in [0.15, 0.2) is 18.3 Å². The molecule has 0 aromatic carbocycles. The van der Waals surface area contributed by atoms with Gasteiger partial charge in [0.15, 0.2) is 0 Å². The molecule has 3 heteroatoms. The summed E-state index contributed by atoms with van der Waals surface area (Å²) in [6, 6.07) is 3.87. The monoisotopic (exact) mass is 221 g/mol. The van der Waals surface area contributed by atoms with E-state index in [2.05, 4.69) is 4.98 Å². The number of rotatable bonds is 4. The average molecular weight is 221 g/mol. The van der Waals surface area contributed by atoms with Gasteiger partial charge < -0.3 is 9.84 Å². The number of aliphatic hydroxyl groups excluding tert-OH is 1. The standard InChI is InChI=1S/C13H19NO2/c1-10-4-5-11(9-14-10)12(15)8-13(16-2)6-3-7-13/h4-5,9,12,15H,3,6-8H2,1-2H3. The second-order valence-corrected chi connectivity index (χ2v) is 4.69. The highest BCUT2D eigenvalue weighted by atomic mass is 16.5. The zero-order valence-corrected chi connectivity index (χ0v) is 9.94. The predicted octanol–water partition coefficient (Wildman–Crippen LogP) is 2.38. The van der Waals surface area contributed by atoms with Crippen LogP contribution >= 0.6 is 0 Å². The number of methoxy groups -OCH3 is 1. The van der Waals surface area contributed by atoms with Crippen molar-refractivity contribution in [3.63, 3.8) is 0 Å².